The fourth-order valence-electron chi connectivity index (χ4n) is 3.22. The lowest BCUT2D eigenvalue weighted by Gasteiger charge is -2.35. The maximum absolute atomic E-state index is 11.6. The first-order valence-corrected chi connectivity index (χ1v) is 9.18. The van der Waals surface area contributed by atoms with Gasteiger partial charge in [0.15, 0.2) is 5.78 Å². The number of nitrogens with zero attached hydrogens (tertiary/aromatic N) is 1. The molecule has 23 heavy (non-hydrogen) atoms. The van der Waals surface area contributed by atoms with Crippen molar-refractivity contribution >= 4 is 11.5 Å². The van der Waals surface area contributed by atoms with Crippen molar-refractivity contribution in [3.8, 4) is 5.75 Å². The lowest BCUT2D eigenvalue weighted by Crippen LogP contribution is -2.39. The molecule has 1 heterocycles. The average molecular weight is 317 g/mol. The van der Waals surface area contributed by atoms with Gasteiger partial charge in [-0.3, -0.25) is 4.79 Å². The van der Waals surface area contributed by atoms with Crippen molar-refractivity contribution in [3.63, 3.8) is 0 Å². The number of hydrogen-bond acceptors (Lipinski definition) is 3. The third-order valence-corrected chi connectivity index (χ3v) is 4.54. The average Bonchev–Trinajstić information content (AvgIpc) is 2.53. The van der Waals surface area contributed by atoms with Gasteiger partial charge in [-0.1, -0.05) is 45.4 Å². The van der Waals surface area contributed by atoms with E-state index in [1.807, 2.05) is 18.2 Å². The first-order chi connectivity index (χ1) is 11.1. The van der Waals surface area contributed by atoms with Crippen LogP contribution in [0.2, 0.25) is 0 Å². The number of benzene rings is 1. The molecule has 3 heteroatoms. The van der Waals surface area contributed by atoms with Crippen LogP contribution in [-0.2, 0) is 0 Å². The molecule has 0 N–H and O–H groups in total. The Hall–Kier alpha value is -1.51. The molecule has 0 aromatic heterocycles. The Labute approximate surface area is 141 Å². The van der Waals surface area contributed by atoms with Crippen molar-refractivity contribution in [1.82, 2.24) is 0 Å². The second-order valence-corrected chi connectivity index (χ2v) is 6.73. The summed E-state index contributed by atoms with van der Waals surface area (Å²) < 4.78 is 5.92. The normalized spacial score (nSPS) is 16.8. The highest BCUT2D eigenvalue weighted by molar-refractivity contribution is 5.95. The van der Waals surface area contributed by atoms with Gasteiger partial charge >= 0.3 is 0 Å². The SMILES string of the molecule is CCCCCCCCCN1CC(C)Oc2ccc(C(C)=O)cc21. The Bertz CT molecular complexity index is 512. The summed E-state index contributed by atoms with van der Waals surface area (Å²) in [5, 5.41) is 0. The van der Waals surface area contributed by atoms with Crippen LogP contribution in [0.3, 0.4) is 0 Å². The minimum atomic E-state index is 0.113. The molecule has 1 unspecified atom stereocenters. The van der Waals surface area contributed by atoms with Gasteiger partial charge in [-0.05, 0) is 38.5 Å². The van der Waals surface area contributed by atoms with Gasteiger partial charge in [-0.15, -0.1) is 0 Å². The lowest BCUT2D eigenvalue weighted by molar-refractivity contribution is 0.101. The smallest absolute Gasteiger partial charge is 0.159 e. The summed E-state index contributed by atoms with van der Waals surface area (Å²) >= 11 is 0. The van der Waals surface area contributed by atoms with Gasteiger partial charge in [-0.2, -0.15) is 0 Å². The Kier molecular flexibility index (Phi) is 6.94. The molecule has 2 rings (SSSR count). The highest BCUT2D eigenvalue weighted by Gasteiger charge is 2.23. The van der Waals surface area contributed by atoms with Crippen molar-refractivity contribution in [3.05, 3.63) is 23.8 Å². The fourth-order valence-corrected chi connectivity index (χ4v) is 3.22. The van der Waals surface area contributed by atoms with Crippen LogP contribution in [-0.4, -0.2) is 25.0 Å². The van der Waals surface area contributed by atoms with Crippen LogP contribution in [0.25, 0.3) is 0 Å². The molecule has 0 spiro atoms. The minimum Gasteiger partial charge on any atom is -0.487 e. The van der Waals surface area contributed by atoms with E-state index in [1.165, 1.54) is 44.9 Å². The van der Waals surface area contributed by atoms with E-state index in [4.69, 9.17) is 4.74 Å². The lowest BCUT2D eigenvalue weighted by atomic mass is 10.1. The van der Waals surface area contributed by atoms with Crippen molar-refractivity contribution < 1.29 is 9.53 Å². The van der Waals surface area contributed by atoms with Crippen LogP contribution in [0, 0.1) is 0 Å². The summed E-state index contributed by atoms with van der Waals surface area (Å²) in [6.07, 6.45) is 9.44. The zero-order chi connectivity index (χ0) is 16.7. The number of ether oxygens (including phenoxy) is 1. The number of fused-ring (bicyclic) bond motifs is 1. The summed E-state index contributed by atoms with van der Waals surface area (Å²) in [5.74, 6) is 1.03. The molecule has 128 valence electrons. The molecule has 1 aliphatic heterocycles. The molecule has 0 saturated carbocycles. The van der Waals surface area contributed by atoms with E-state index in [-0.39, 0.29) is 11.9 Å². The zero-order valence-electron chi connectivity index (χ0n) is 14.9. The number of hydrogen-bond donors (Lipinski definition) is 0. The van der Waals surface area contributed by atoms with E-state index in [0.717, 1.165) is 30.1 Å². The van der Waals surface area contributed by atoms with E-state index in [2.05, 4.69) is 18.7 Å². The van der Waals surface area contributed by atoms with Gasteiger partial charge in [0, 0.05) is 12.1 Å². The van der Waals surface area contributed by atoms with E-state index in [0.29, 0.717) is 0 Å². The molecule has 1 atom stereocenters. The zero-order valence-corrected chi connectivity index (χ0v) is 14.9. The van der Waals surface area contributed by atoms with Crippen LogP contribution in [0.1, 0.15) is 76.1 Å². The predicted molar refractivity (Wildman–Crippen MR) is 96.7 cm³/mol. The molecule has 3 nitrogen and oxygen atoms in total. The summed E-state index contributed by atoms with van der Waals surface area (Å²) in [4.78, 5) is 14.0. The maximum atomic E-state index is 11.6. The number of rotatable bonds is 9. The quantitative estimate of drug-likeness (QED) is 0.461. The molecule has 0 fully saturated rings. The Morgan fingerprint density at radius 2 is 1.87 bits per heavy atom. The molecule has 1 aromatic carbocycles. The molecule has 0 aliphatic carbocycles. The second-order valence-electron chi connectivity index (χ2n) is 6.73. The first kappa shape index (κ1) is 17.8. The van der Waals surface area contributed by atoms with Crippen molar-refractivity contribution in [2.75, 3.05) is 18.0 Å². The number of unbranched alkanes of at least 4 members (excludes halogenated alkanes) is 6. The second kappa shape index (κ2) is 8.95. The van der Waals surface area contributed by atoms with Crippen molar-refractivity contribution in [1.29, 1.82) is 0 Å². The molecule has 0 bridgehead atoms. The van der Waals surface area contributed by atoms with E-state index in [9.17, 15) is 4.79 Å². The molecular formula is C20H31NO2. The number of Topliss-reactive ketones (excluding diaryl/α,β-unsaturated/α-hetero) is 1. The highest BCUT2D eigenvalue weighted by atomic mass is 16.5. The minimum absolute atomic E-state index is 0.113. The van der Waals surface area contributed by atoms with Crippen LogP contribution >= 0.6 is 0 Å². The van der Waals surface area contributed by atoms with Crippen LogP contribution < -0.4 is 9.64 Å². The summed E-state index contributed by atoms with van der Waals surface area (Å²) in [7, 11) is 0. The van der Waals surface area contributed by atoms with Gasteiger partial charge in [0.25, 0.3) is 0 Å². The molecular weight excluding hydrogens is 286 g/mol. The molecule has 1 aliphatic rings. The number of anilines is 1. The third-order valence-electron chi connectivity index (χ3n) is 4.54. The van der Waals surface area contributed by atoms with Gasteiger partial charge in [0.05, 0.1) is 12.2 Å². The fraction of sp³-hybridized carbons (Fsp3) is 0.650. The molecule has 1 aromatic rings. The number of carbonyl (C=O) groups excluding carboxylic acids is 1. The Morgan fingerprint density at radius 1 is 1.17 bits per heavy atom. The monoisotopic (exact) mass is 317 g/mol. The van der Waals surface area contributed by atoms with E-state index >= 15 is 0 Å². The standard InChI is InChI=1S/C20H31NO2/c1-4-5-6-7-8-9-10-13-21-15-16(2)23-20-12-11-18(17(3)22)14-19(20)21/h11-12,14,16H,4-10,13,15H2,1-3H3. The molecule has 0 saturated heterocycles. The van der Waals surface area contributed by atoms with Gasteiger partial charge in [0.1, 0.15) is 11.9 Å². The predicted octanol–water partition coefficient (Wildman–Crippen LogP) is 5.23. The first-order valence-electron chi connectivity index (χ1n) is 9.18. The molecule has 0 radical (unpaired) electrons. The van der Waals surface area contributed by atoms with Gasteiger partial charge in [0.2, 0.25) is 0 Å². The van der Waals surface area contributed by atoms with Gasteiger partial charge in [-0.25, -0.2) is 0 Å². The topological polar surface area (TPSA) is 29.5 Å². The largest absolute Gasteiger partial charge is 0.487 e. The Balaban J connectivity index is 1.89. The summed E-state index contributed by atoms with van der Waals surface area (Å²) in [5.41, 5.74) is 1.85. The van der Waals surface area contributed by atoms with Crippen molar-refractivity contribution in [2.24, 2.45) is 0 Å². The van der Waals surface area contributed by atoms with Crippen molar-refractivity contribution in [2.45, 2.75) is 71.8 Å². The van der Waals surface area contributed by atoms with E-state index in [1.54, 1.807) is 6.92 Å². The van der Waals surface area contributed by atoms with E-state index < -0.39 is 0 Å². The summed E-state index contributed by atoms with van der Waals surface area (Å²) in [6, 6.07) is 5.80. The van der Waals surface area contributed by atoms with Crippen LogP contribution in [0.4, 0.5) is 5.69 Å². The van der Waals surface area contributed by atoms with Gasteiger partial charge < -0.3 is 9.64 Å². The number of ketones is 1. The Morgan fingerprint density at radius 3 is 2.57 bits per heavy atom. The number of carbonyl (C=O) groups is 1. The third kappa shape index (κ3) is 5.26. The maximum Gasteiger partial charge on any atom is 0.159 e. The van der Waals surface area contributed by atoms with Crippen LogP contribution in [0.15, 0.2) is 18.2 Å². The van der Waals surface area contributed by atoms with Crippen LogP contribution in [0.5, 0.6) is 5.75 Å². The highest BCUT2D eigenvalue weighted by Crippen LogP contribution is 2.34. The summed E-state index contributed by atoms with van der Waals surface area (Å²) in [6.45, 7) is 7.95. The molecule has 0 amide bonds.